The van der Waals surface area contributed by atoms with Gasteiger partial charge < -0.3 is 9.84 Å². The lowest BCUT2D eigenvalue weighted by Crippen LogP contribution is -2.26. The first-order valence-corrected chi connectivity index (χ1v) is 11.7. The maximum atomic E-state index is 13.0. The molecule has 6 heteroatoms. The van der Waals surface area contributed by atoms with Crippen LogP contribution >= 0.6 is 11.8 Å². The molecule has 0 unspecified atom stereocenters. The van der Waals surface area contributed by atoms with Crippen LogP contribution in [0.1, 0.15) is 52.3 Å². The Hall–Kier alpha value is -2.57. The smallest absolute Gasteiger partial charge is 0.252 e. The van der Waals surface area contributed by atoms with Crippen LogP contribution in [-0.4, -0.2) is 29.1 Å². The van der Waals surface area contributed by atoms with E-state index in [1.807, 2.05) is 44.2 Å². The number of carbonyl (C=O) groups excluding carboxylic acids is 1. The van der Waals surface area contributed by atoms with E-state index in [1.54, 1.807) is 11.8 Å². The number of nitrogens with one attached hydrogen (secondary N) is 1. The predicted molar refractivity (Wildman–Crippen MR) is 126 cm³/mol. The van der Waals surface area contributed by atoms with Crippen LogP contribution in [0.5, 0.6) is 0 Å². The molecule has 0 saturated heterocycles. The van der Waals surface area contributed by atoms with Gasteiger partial charge in [-0.1, -0.05) is 55.4 Å². The standard InChI is InChI=1S/C25H31N3O2S/c1-5-28(6-2)16-21-12-8-7-11-20(21)15-26-25(29)22-13-9-10-14-24(22)31-17-23-18(3)27-30-19(23)4/h7-14H,5-6,15-17H2,1-4H3,(H,26,29). The fraction of sp³-hybridized carbons (Fsp3) is 0.360. The molecule has 0 aliphatic rings. The van der Waals surface area contributed by atoms with Crippen LogP contribution in [0.3, 0.4) is 0 Å². The molecule has 1 N–H and O–H groups in total. The lowest BCUT2D eigenvalue weighted by Gasteiger charge is -2.20. The van der Waals surface area contributed by atoms with Gasteiger partial charge in [0, 0.05) is 29.3 Å². The van der Waals surface area contributed by atoms with Crippen molar-refractivity contribution in [1.29, 1.82) is 0 Å². The average Bonchev–Trinajstić information content (AvgIpc) is 3.12. The SMILES string of the molecule is CCN(CC)Cc1ccccc1CNC(=O)c1ccccc1SCc1c(C)noc1C. The zero-order chi connectivity index (χ0) is 22.2. The molecule has 1 heterocycles. The van der Waals surface area contributed by atoms with E-state index < -0.39 is 0 Å². The highest BCUT2D eigenvalue weighted by Crippen LogP contribution is 2.29. The van der Waals surface area contributed by atoms with Crippen molar-refractivity contribution in [3.8, 4) is 0 Å². The minimum absolute atomic E-state index is 0.0560. The van der Waals surface area contributed by atoms with Gasteiger partial charge in [-0.3, -0.25) is 9.69 Å². The Morgan fingerprint density at radius 2 is 1.71 bits per heavy atom. The van der Waals surface area contributed by atoms with E-state index in [4.69, 9.17) is 4.52 Å². The number of amides is 1. The zero-order valence-corrected chi connectivity index (χ0v) is 19.6. The summed E-state index contributed by atoms with van der Waals surface area (Å²) in [4.78, 5) is 16.3. The van der Waals surface area contributed by atoms with E-state index in [1.165, 1.54) is 5.56 Å². The van der Waals surface area contributed by atoms with Gasteiger partial charge in [-0.15, -0.1) is 11.8 Å². The summed E-state index contributed by atoms with van der Waals surface area (Å²) in [5, 5.41) is 7.14. The van der Waals surface area contributed by atoms with Crippen LogP contribution in [0.25, 0.3) is 0 Å². The maximum Gasteiger partial charge on any atom is 0.252 e. The molecule has 0 fully saturated rings. The van der Waals surface area contributed by atoms with Gasteiger partial charge in [-0.2, -0.15) is 0 Å². The molecule has 1 amide bonds. The van der Waals surface area contributed by atoms with Gasteiger partial charge >= 0.3 is 0 Å². The first-order chi connectivity index (χ1) is 15.0. The Labute approximate surface area is 189 Å². The topological polar surface area (TPSA) is 58.4 Å². The molecule has 1 aromatic heterocycles. The second kappa shape index (κ2) is 11.2. The summed E-state index contributed by atoms with van der Waals surface area (Å²) < 4.78 is 5.26. The third kappa shape index (κ3) is 5.99. The van der Waals surface area contributed by atoms with Gasteiger partial charge in [-0.25, -0.2) is 0 Å². The Kier molecular flexibility index (Phi) is 8.32. The molecule has 31 heavy (non-hydrogen) atoms. The number of rotatable bonds is 10. The van der Waals surface area contributed by atoms with E-state index in [-0.39, 0.29) is 5.91 Å². The van der Waals surface area contributed by atoms with Crippen LogP contribution in [0.4, 0.5) is 0 Å². The average molecular weight is 438 g/mol. The van der Waals surface area contributed by atoms with Gasteiger partial charge in [0.05, 0.1) is 11.3 Å². The Morgan fingerprint density at radius 1 is 1.03 bits per heavy atom. The molecule has 5 nitrogen and oxygen atoms in total. The second-order valence-corrected chi connectivity index (χ2v) is 8.52. The number of thioether (sulfide) groups is 1. The Morgan fingerprint density at radius 3 is 2.39 bits per heavy atom. The number of aromatic nitrogens is 1. The molecule has 2 aromatic carbocycles. The number of hydrogen-bond acceptors (Lipinski definition) is 5. The molecule has 0 saturated carbocycles. The zero-order valence-electron chi connectivity index (χ0n) is 18.8. The lowest BCUT2D eigenvalue weighted by atomic mass is 10.1. The van der Waals surface area contributed by atoms with Crippen molar-refractivity contribution < 1.29 is 9.32 Å². The summed E-state index contributed by atoms with van der Waals surface area (Å²) in [7, 11) is 0. The van der Waals surface area contributed by atoms with Crippen molar-refractivity contribution in [1.82, 2.24) is 15.4 Å². The number of aryl methyl sites for hydroxylation is 2. The van der Waals surface area contributed by atoms with E-state index in [0.717, 1.165) is 52.9 Å². The summed E-state index contributed by atoms with van der Waals surface area (Å²) in [6.07, 6.45) is 0. The molecule has 0 spiro atoms. The molecule has 0 aliphatic carbocycles. The van der Waals surface area contributed by atoms with Crippen molar-refractivity contribution in [2.45, 2.75) is 51.4 Å². The molecule has 0 bridgehead atoms. The van der Waals surface area contributed by atoms with Gasteiger partial charge in [0.15, 0.2) is 0 Å². The van der Waals surface area contributed by atoms with Gasteiger partial charge in [-0.05, 0) is 50.2 Å². The molecule has 164 valence electrons. The van der Waals surface area contributed by atoms with Crippen LogP contribution in [0.15, 0.2) is 57.9 Å². The molecule has 0 radical (unpaired) electrons. The van der Waals surface area contributed by atoms with E-state index in [2.05, 4.69) is 47.4 Å². The maximum absolute atomic E-state index is 13.0. The van der Waals surface area contributed by atoms with Gasteiger partial charge in [0.25, 0.3) is 5.91 Å². The van der Waals surface area contributed by atoms with Crippen LogP contribution in [-0.2, 0) is 18.8 Å². The number of benzene rings is 2. The van der Waals surface area contributed by atoms with Crippen molar-refractivity contribution in [2.75, 3.05) is 13.1 Å². The van der Waals surface area contributed by atoms with Crippen LogP contribution < -0.4 is 5.32 Å². The minimum Gasteiger partial charge on any atom is -0.361 e. The third-order valence-corrected chi connectivity index (χ3v) is 6.63. The summed E-state index contributed by atoms with van der Waals surface area (Å²) in [6, 6.07) is 16.1. The van der Waals surface area contributed by atoms with E-state index >= 15 is 0 Å². The van der Waals surface area contributed by atoms with Gasteiger partial charge in [0.1, 0.15) is 5.76 Å². The molecule has 3 aromatic rings. The van der Waals surface area contributed by atoms with E-state index in [0.29, 0.717) is 12.1 Å². The summed E-state index contributed by atoms with van der Waals surface area (Å²) in [6.45, 7) is 11.6. The lowest BCUT2D eigenvalue weighted by molar-refractivity contribution is 0.0948. The highest BCUT2D eigenvalue weighted by molar-refractivity contribution is 7.98. The summed E-state index contributed by atoms with van der Waals surface area (Å²) in [5.41, 5.74) is 5.10. The monoisotopic (exact) mass is 437 g/mol. The fourth-order valence-electron chi connectivity index (χ4n) is 3.48. The number of hydrogen-bond donors (Lipinski definition) is 1. The largest absolute Gasteiger partial charge is 0.361 e. The molecule has 3 rings (SSSR count). The highest BCUT2D eigenvalue weighted by Gasteiger charge is 2.15. The Balaban J connectivity index is 1.68. The third-order valence-electron chi connectivity index (χ3n) is 5.53. The summed E-state index contributed by atoms with van der Waals surface area (Å²) >= 11 is 1.63. The van der Waals surface area contributed by atoms with Crippen LogP contribution in [0, 0.1) is 13.8 Å². The van der Waals surface area contributed by atoms with Crippen molar-refractivity contribution in [2.24, 2.45) is 0 Å². The fourth-order valence-corrected chi connectivity index (χ4v) is 4.68. The number of nitrogens with zero attached hydrogens (tertiary/aromatic N) is 2. The predicted octanol–water partition coefficient (Wildman–Crippen LogP) is 5.36. The van der Waals surface area contributed by atoms with E-state index in [9.17, 15) is 4.79 Å². The highest BCUT2D eigenvalue weighted by atomic mass is 32.2. The minimum atomic E-state index is -0.0560. The molecule has 0 aliphatic heterocycles. The quantitative estimate of drug-likeness (QED) is 0.433. The normalized spacial score (nSPS) is 11.1. The molecular formula is C25H31N3O2S. The van der Waals surface area contributed by atoms with Gasteiger partial charge in [0.2, 0.25) is 0 Å². The molecular weight excluding hydrogens is 406 g/mol. The van der Waals surface area contributed by atoms with Crippen molar-refractivity contribution in [3.63, 3.8) is 0 Å². The van der Waals surface area contributed by atoms with Crippen LogP contribution in [0.2, 0.25) is 0 Å². The Bertz CT molecular complexity index is 992. The molecule has 0 atom stereocenters. The second-order valence-electron chi connectivity index (χ2n) is 7.50. The first-order valence-electron chi connectivity index (χ1n) is 10.7. The first kappa shape index (κ1) is 23.1. The van der Waals surface area contributed by atoms with Crippen molar-refractivity contribution >= 4 is 17.7 Å². The number of carbonyl (C=O) groups is 1. The summed E-state index contributed by atoms with van der Waals surface area (Å²) in [5.74, 6) is 1.49. The van der Waals surface area contributed by atoms with Crippen molar-refractivity contribution in [3.05, 3.63) is 82.2 Å².